The maximum atomic E-state index is 12.8. The molecule has 3 nitrogen and oxygen atoms in total. The quantitative estimate of drug-likeness (QED) is 0.324. The van der Waals surface area contributed by atoms with Crippen molar-refractivity contribution in [3.63, 3.8) is 0 Å². The molecule has 1 heterocycles. The molecule has 0 radical (unpaired) electrons. The molecule has 1 aliphatic heterocycles. The van der Waals surface area contributed by atoms with Crippen LogP contribution in [0.1, 0.15) is 16.7 Å². The van der Waals surface area contributed by atoms with E-state index in [2.05, 4.69) is 0 Å². The summed E-state index contributed by atoms with van der Waals surface area (Å²) in [7, 11) is 0. The van der Waals surface area contributed by atoms with Crippen LogP contribution in [0.5, 0.6) is 5.75 Å². The summed E-state index contributed by atoms with van der Waals surface area (Å²) < 4.78 is 6.39. The third-order valence-corrected chi connectivity index (χ3v) is 6.33. The van der Waals surface area contributed by atoms with Crippen LogP contribution in [0.15, 0.2) is 83.8 Å². The van der Waals surface area contributed by atoms with Gasteiger partial charge >= 0.3 is 0 Å². The van der Waals surface area contributed by atoms with Gasteiger partial charge in [0.15, 0.2) is 0 Å². The number of thiocarbonyl (C=S) groups is 1. The topological polar surface area (TPSA) is 29.5 Å². The Kier molecular flexibility index (Phi) is 6.53. The SMILES string of the molecule is O=C1/C(=C/c2ccc(OCc3ccccc3Cl)cc2)SC(=S)N1Cc1ccccc1. The molecule has 0 aromatic heterocycles. The van der Waals surface area contributed by atoms with Crippen molar-refractivity contribution in [1.82, 2.24) is 4.90 Å². The summed E-state index contributed by atoms with van der Waals surface area (Å²) in [6.07, 6.45) is 1.86. The van der Waals surface area contributed by atoms with Crippen LogP contribution in [0.2, 0.25) is 5.02 Å². The normalized spacial score (nSPS) is 15.1. The number of hydrogen-bond acceptors (Lipinski definition) is 4. The zero-order chi connectivity index (χ0) is 20.9. The minimum absolute atomic E-state index is 0.0621. The van der Waals surface area contributed by atoms with E-state index in [9.17, 15) is 4.79 Å². The Morgan fingerprint density at radius 3 is 2.40 bits per heavy atom. The summed E-state index contributed by atoms with van der Waals surface area (Å²) in [5, 5.41) is 0.687. The minimum atomic E-state index is -0.0621. The summed E-state index contributed by atoms with van der Waals surface area (Å²) in [5.74, 6) is 0.677. The second-order valence-corrected chi connectivity index (χ2v) is 8.79. The maximum absolute atomic E-state index is 12.8. The number of ether oxygens (including phenoxy) is 1. The van der Waals surface area contributed by atoms with E-state index in [0.29, 0.717) is 27.4 Å². The number of carbonyl (C=O) groups is 1. The third-order valence-electron chi connectivity index (χ3n) is 4.59. The molecule has 0 saturated carbocycles. The van der Waals surface area contributed by atoms with E-state index in [4.69, 9.17) is 28.6 Å². The monoisotopic (exact) mass is 451 g/mol. The molecule has 3 aromatic rings. The lowest BCUT2D eigenvalue weighted by molar-refractivity contribution is -0.122. The Labute approximate surface area is 190 Å². The van der Waals surface area contributed by atoms with Gasteiger partial charge in [-0.2, -0.15) is 0 Å². The zero-order valence-electron chi connectivity index (χ0n) is 16.0. The number of thioether (sulfide) groups is 1. The van der Waals surface area contributed by atoms with Gasteiger partial charge < -0.3 is 4.74 Å². The first kappa shape index (κ1) is 20.7. The van der Waals surface area contributed by atoms with Gasteiger partial charge in [0.25, 0.3) is 5.91 Å². The fraction of sp³-hybridized carbons (Fsp3) is 0.0833. The van der Waals surface area contributed by atoms with Crippen LogP contribution < -0.4 is 4.74 Å². The highest BCUT2D eigenvalue weighted by Crippen LogP contribution is 2.33. The van der Waals surface area contributed by atoms with Gasteiger partial charge in [0, 0.05) is 10.6 Å². The van der Waals surface area contributed by atoms with Crippen LogP contribution >= 0.6 is 35.6 Å². The molecule has 150 valence electrons. The molecule has 1 saturated heterocycles. The van der Waals surface area contributed by atoms with E-state index in [1.807, 2.05) is 84.9 Å². The van der Waals surface area contributed by atoms with E-state index in [0.717, 1.165) is 22.4 Å². The first-order valence-corrected chi connectivity index (χ1v) is 11.0. The van der Waals surface area contributed by atoms with Crippen molar-refractivity contribution in [3.8, 4) is 5.75 Å². The molecular weight excluding hydrogens is 434 g/mol. The van der Waals surface area contributed by atoms with Crippen molar-refractivity contribution >= 4 is 51.9 Å². The van der Waals surface area contributed by atoms with Gasteiger partial charge in [-0.1, -0.05) is 96.2 Å². The van der Waals surface area contributed by atoms with Crippen LogP contribution in [0.4, 0.5) is 0 Å². The Hall–Kier alpha value is -2.60. The van der Waals surface area contributed by atoms with E-state index in [-0.39, 0.29) is 5.91 Å². The Bertz CT molecular complexity index is 1100. The second kappa shape index (κ2) is 9.47. The first-order chi connectivity index (χ1) is 14.6. The van der Waals surface area contributed by atoms with Gasteiger partial charge in [0.1, 0.15) is 16.7 Å². The predicted molar refractivity (Wildman–Crippen MR) is 127 cm³/mol. The molecule has 0 aliphatic carbocycles. The molecule has 0 unspecified atom stereocenters. The molecule has 1 fully saturated rings. The minimum Gasteiger partial charge on any atom is -0.489 e. The summed E-state index contributed by atoms with van der Waals surface area (Å²) in [6, 6.07) is 25.1. The largest absolute Gasteiger partial charge is 0.489 e. The first-order valence-electron chi connectivity index (χ1n) is 9.36. The fourth-order valence-corrected chi connectivity index (χ4v) is 4.44. The molecule has 6 heteroatoms. The van der Waals surface area contributed by atoms with Gasteiger partial charge in [-0.05, 0) is 35.4 Å². The van der Waals surface area contributed by atoms with Crippen LogP contribution in [-0.4, -0.2) is 15.1 Å². The molecule has 1 amide bonds. The lowest BCUT2D eigenvalue weighted by atomic mass is 10.2. The molecule has 0 N–H and O–H groups in total. The highest BCUT2D eigenvalue weighted by atomic mass is 35.5. The van der Waals surface area contributed by atoms with Crippen molar-refractivity contribution in [2.45, 2.75) is 13.2 Å². The molecule has 1 aliphatic rings. The maximum Gasteiger partial charge on any atom is 0.266 e. The lowest BCUT2D eigenvalue weighted by Crippen LogP contribution is -2.27. The number of rotatable bonds is 6. The van der Waals surface area contributed by atoms with E-state index >= 15 is 0 Å². The summed E-state index contributed by atoms with van der Waals surface area (Å²) in [4.78, 5) is 15.1. The fourth-order valence-electron chi connectivity index (χ4n) is 2.99. The van der Waals surface area contributed by atoms with Gasteiger partial charge in [0.05, 0.1) is 11.4 Å². The lowest BCUT2D eigenvalue weighted by Gasteiger charge is -2.14. The van der Waals surface area contributed by atoms with Crippen LogP contribution in [0.25, 0.3) is 6.08 Å². The second-order valence-electron chi connectivity index (χ2n) is 6.70. The number of nitrogens with zero attached hydrogens (tertiary/aromatic N) is 1. The van der Waals surface area contributed by atoms with Gasteiger partial charge in [-0.3, -0.25) is 9.69 Å². The van der Waals surface area contributed by atoms with E-state index in [1.165, 1.54) is 11.8 Å². The van der Waals surface area contributed by atoms with E-state index in [1.54, 1.807) is 4.90 Å². The van der Waals surface area contributed by atoms with E-state index < -0.39 is 0 Å². The molecule has 4 rings (SSSR count). The molecule has 3 aromatic carbocycles. The average molecular weight is 452 g/mol. The molecule has 0 bridgehead atoms. The van der Waals surface area contributed by atoms with Crippen LogP contribution in [-0.2, 0) is 17.9 Å². The predicted octanol–water partition coefficient (Wildman–Crippen LogP) is 6.32. The zero-order valence-corrected chi connectivity index (χ0v) is 18.3. The highest BCUT2D eigenvalue weighted by molar-refractivity contribution is 8.26. The Morgan fingerprint density at radius 1 is 0.967 bits per heavy atom. The van der Waals surface area contributed by atoms with Crippen LogP contribution in [0.3, 0.4) is 0 Å². The summed E-state index contributed by atoms with van der Waals surface area (Å²) in [5.41, 5.74) is 2.90. The summed E-state index contributed by atoms with van der Waals surface area (Å²) in [6.45, 7) is 0.884. The van der Waals surface area contributed by atoms with Crippen molar-refractivity contribution in [2.24, 2.45) is 0 Å². The molecule has 0 atom stereocenters. The van der Waals surface area contributed by atoms with Crippen LogP contribution in [0, 0.1) is 0 Å². The number of benzene rings is 3. The van der Waals surface area contributed by atoms with Crippen molar-refractivity contribution in [1.29, 1.82) is 0 Å². The number of amides is 1. The van der Waals surface area contributed by atoms with Gasteiger partial charge in [0.2, 0.25) is 0 Å². The van der Waals surface area contributed by atoms with Crippen molar-refractivity contribution in [2.75, 3.05) is 0 Å². The number of halogens is 1. The summed E-state index contributed by atoms with van der Waals surface area (Å²) >= 11 is 12.9. The standard InChI is InChI=1S/C24H18ClNO2S2/c25-21-9-5-4-8-19(21)16-28-20-12-10-17(11-13-20)14-22-23(27)26(24(29)30-22)15-18-6-2-1-3-7-18/h1-14H,15-16H2/b22-14-. The van der Waals surface area contributed by atoms with Crippen molar-refractivity contribution in [3.05, 3.63) is 105 Å². The van der Waals surface area contributed by atoms with Gasteiger partial charge in [-0.15, -0.1) is 0 Å². The Balaban J connectivity index is 1.41. The average Bonchev–Trinajstić information content (AvgIpc) is 3.02. The number of carbonyl (C=O) groups excluding carboxylic acids is 1. The smallest absolute Gasteiger partial charge is 0.266 e. The molecular formula is C24H18ClNO2S2. The molecule has 30 heavy (non-hydrogen) atoms. The van der Waals surface area contributed by atoms with Crippen molar-refractivity contribution < 1.29 is 9.53 Å². The van der Waals surface area contributed by atoms with Gasteiger partial charge in [-0.25, -0.2) is 0 Å². The third kappa shape index (κ3) is 4.93. The molecule has 0 spiro atoms. The highest BCUT2D eigenvalue weighted by Gasteiger charge is 2.31. The Morgan fingerprint density at radius 2 is 1.67 bits per heavy atom. The number of hydrogen-bond donors (Lipinski definition) is 0.